The fourth-order valence-electron chi connectivity index (χ4n) is 2.65. The number of carbonyl (C=O) groups excluding carboxylic acids is 1. The summed E-state index contributed by atoms with van der Waals surface area (Å²) in [7, 11) is -2.35. The largest absolute Gasteiger partial charge is 0.324 e. The number of nitrogens with one attached hydrogen (secondary N) is 1. The molecule has 0 radical (unpaired) electrons. The molecule has 142 valence electrons. The van der Waals surface area contributed by atoms with Gasteiger partial charge in [-0.05, 0) is 32.0 Å². The van der Waals surface area contributed by atoms with E-state index in [2.05, 4.69) is 15.4 Å². The molecule has 9 heteroatoms. The molecule has 1 amide bonds. The number of benzene rings is 1. The minimum Gasteiger partial charge on any atom is -0.324 e. The van der Waals surface area contributed by atoms with Crippen molar-refractivity contribution < 1.29 is 13.2 Å². The van der Waals surface area contributed by atoms with Gasteiger partial charge in [-0.25, -0.2) is 18.1 Å². The Bertz CT molecular complexity index is 1060. The molecule has 0 bridgehead atoms. The Hall–Kier alpha value is -2.78. The van der Waals surface area contributed by atoms with Crippen molar-refractivity contribution >= 4 is 32.7 Å². The Morgan fingerprint density at radius 2 is 1.93 bits per heavy atom. The number of likely N-dealkylation sites (N-methyl/N-ethyl adjacent to an activating group) is 1. The fourth-order valence-corrected chi connectivity index (χ4v) is 3.79. The van der Waals surface area contributed by atoms with Gasteiger partial charge in [0.25, 0.3) is 0 Å². The standard InChI is InChI=1S/C18H21N5O3S/c1-13(2)23-18-14(10-20-23)9-15(11-19-18)21-17(24)12-22(3)27(25,26)16-7-5-4-6-8-16/h4-11,13H,12H2,1-3H3,(H,21,24). The summed E-state index contributed by atoms with van der Waals surface area (Å²) in [6, 6.07) is 9.93. The number of rotatable bonds is 6. The maximum atomic E-state index is 12.5. The molecule has 2 aromatic heterocycles. The fraction of sp³-hybridized carbons (Fsp3) is 0.278. The van der Waals surface area contributed by atoms with Crippen LogP contribution in [0.25, 0.3) is 11.0 Å². The average Bonchev–Trinajstić information content (AvgIpc) is 3.05. The second-order valence-electron chi connectivity index (χ2n) is 6.44. The smallest absolute Gasteiger partial charge is 0.243 e. The number of hydrogen-bond donors (Lipinski definition) is 1. The minimum absolute atomic E-state index is 0.143. The summed E-state index contributed by atoms with van der Waals surface area (Å²) in [4.78, 5) is 16.8. The number of aromatic nitrogens is 3. The van der Waals surface area contributed by atoms with E-state index in [-0.39, 0.29) is 17.5 Å². The summed E-state index contributed by atoms with van der Waals surface area (Å²) in [5.41, 5.74) is 1.22. The van der Waals surface area contributed by atoms with Crippen molar-refractivity contribution in [1.29, 1.82) is 0 Å². The van der Waals surface area contributed by atoms with Crippen molar-refractivity contribution in [2.45, 2.75) is 24.8 Å². The third-order valence-electron chi connectivity index (χ3n) is 4.02. The second kappa shape index (κ2) is 7.45. The van der Waals surface area contributed by atoms with Gasteiger partial charge >= 0.3 is 0 Å². The van der Waals surface area contributed by atoms with Gasteiger partial charge in [0.15, 0.2) is 5.65 Å². The maximum absolute atomic E-state index is 12.5. The zero-order valence-electron chi connectivity index (χ0n) is 15.3. The molecule has 27 heavy (non-hydrogen) atoms. The second-order valence-corrected chi connectivity index (χ2v) is 8.49. The number of anilines is 1. The molecule has 1 N–H and O–H groups in total. The lowest BCUT2D eigenvalue weighted by atomic mass is 10.3. The molecule has 1 aromatic carbocycles. The van der Waals surface area contributed by atoms with Crippen LogP contribution in [0.15, 0.2) is 53.7 Å². The highest BCUT2D eigenvalue weighted by atomic mass is 32.2. The number of fused-ring (bicyclic) bond motifs is 1. The van der Waals surface area contributed by atoms with E-state index in [9.17, 15) is 13.2 Å². The minimum atomic E-state index is -3.72. The van der Waals surface area contributed by atoms with Crippen LogP contribution in [-0.4, -0.2) is 47.0 Å². The number of pyridine rings is 1. The molecule has 0 spiro atoms. The van der Waals surface area contributed by atoms with Crippen LogP contribution >= 0.6 is 0 Å². The summed E-state index contributed by atoms with van der Waals surface area (Å²) < 4.78 is 27.8. The SMILES string of the molecule is CC(C)n1ncc2cc(NC(=O)CN(C)S(=O)(=O)c3ccccc3)cnc21. The van der Waals surface area contributed by atoms with Crippen LogP contribution in [0.3, 0.4) is 0 Å². The van der Waals surface area contributed by atoms with Crippen molar-refractivity contribution in [3.05, 3.63) is 48.8 Å². The lowest BCUT2D eigenvalue weighted by Crippen LogP contribution is -2.34. The molecule has 3 rings (SSSR count). The molecule has 2 heterocycles. The first-order valence-corrected chi connectivity index (χ1v) is 9.87. The molecule has 3 aromatic rings. The van der Waals surface area contributed by atoms with E-state index < -0.39 is 15.9 Å². The zero-order chi connectivity index (χ0) is 19.6. The molecule has 0 fully saturated rings. The van der Waals surface area contributed by atoms with Gasteiger partial charge in [-0.1, -0.05) is 18.2 Å². The van der Waals surface area contributed by atoms with E-state index in [1.807, 2.05) is 13.8 Å². The number of nitrogens with zero attached hydrogens (tertiary/aromatic N) is 4. The molecule has 0 saturated carbocycles. The van der Waals surface area contributed by atoms with Crippen LogP contribution in [-0.2, 0) is 14.8 Å². The lowest BCUT2D eigenvalue weighted by Gasteiger charge is -2.16. The van der Waals surface area contributed by atoms with Crippen molar-refractivity contribution in [2.75, 3.05) is 18.9 Å². The van der Waals surface area contributed by atoms with Gasteiger partial charge in [-0.2, -0.15) is 9.40 Å². The summed E-state index contributed by atoms with van der Waals surface area (Å²) in [6.07, 6.45) is 3.22. The van der Waals surface area contributed by atoms with Crippen molar-refractivity contribution in [3.63, 3.8) is 0 Å². The van der Waals surface area contributed by atoms with Crippen molar-refractivity contribution in [1.82, 2.24) is 19.1 Å². The van der Waals surface area contributed by atoms with Gasteiger partial charge in [0.1, 0.15) is 0 Å². The molecule has 8 nitrogen and oxygen atoms in total. The molecule has 0 unspecified atom stereocenters. The van der Waals surface area contributed by atoms with E-state index in [4.69, 9.17) is 0 Å². The highest BCUT2D eigenvalue weighted by molar-refractivity contribution is 7.89. The summed E-state index contributed by atoms with van der Waals surface area (Å²) in [5.74, 6) is -0.450. The van der Waals surface area contributed by atoms with Crippen molar-refractivity contribution in [2.24, 2.45) is 0 Å². The molecule has 0 atom stereocenters. The Kier molecular flexibility index (Phi) is 5.24. The third-order valence-corrected chi connectivity index (χ3v) is 5.84. The molecular formula is C18H21N5O3S. The van der Waals surface area contributed by atoms with Crippen LogP contribution in [0.4, 0.5) is 5.69 Å². The summed E-state index contributed by atoms with van der Waals surface area (Å²) in [5, 5.41) is 7.76. The Morgan fingerprint density at radius 3 is 2.59 bits per heavy atom. The molecule has 0 aliphatic heterocycles. The quantitative estimate of drug-likeness (QED) is 0.700. The number of hydrogen-bond acceptors (Lipinski definition) is 5. The summed E-state index contributed by atoms with van der Waals surface area (Å²) >= 11 is 0. The van der Waals surface area contributed by atoms with Crippen LogP contribution in [0.2, 0.25) is 0 Å². The van der Waals surface area contributed by atoms with E-state index in [0.29, 0.717) is 5.69 Å². The van der Waals surface area contributed by atoms with Crippen LogP contribution in [0.5, 0.6) is 0 Å². The Balaban J connectivity index is 1.71. The number of amides is 1. The number of carbonyl (C=O) groups is 1. The highest BCUT2D eigenvalue weighted by Gasteiger charge is 2.22. The maximum Gasteiger partial charge on any atom is 0.243 e. The first-order valence-electron chi connectivity index (χ1n) is 8.43. The van der Waals surface area contributed by atoms with Crippen LogP contribution < -0.4 is 5.32 Å². The Morgan fingerprint density at radius 1 is 1.22 bits per heavy atom. The van der Waals surface area contributed by atoms with E-state index in [1.54, 1.807) is 35.1 Å². The topological polar surface area (TPSA) is 97.2 Å². The van der Waals surface area contributed by atoms with Crippen molar-refractivity contribution in [3.8, 4) is 0 Å². The normalized spacial score (nSPS) is 12.0. The monoisotopic (exact) mass is 387 g/mol. The van der Waals surface area contributed by atoms with Gasteiger partial charge < -0.3 is 5.32 Å². The highest BCUT2D eigenvalue weighted by Crippen LogP contribution is 2.19. The third kappa shape index (κ3) is 3.99. The van der Waals surface area contributed by atoms with E-state index >= 15 is 0 Å². The first kappa shape index (κ1) is 19.0. The number of sulfonamides is 1. The predicted molar refractivity (Wildman–Crippen MR) is 103 cm³/mol. The van der Waals surface area contributed by atoms with Gasteiger partial charge in [-0.3, -0.25) is 4.79 Å². The average molecular weight is 387 g/mol. The summed E-state index contributed by atoms with van der Waals surface area (Å²) in [6.45, 7) is 3.71. The van der Waals surface area contributed by atoms with Crippen LogP contribution in [0.1, 0.15) is 19.9 Å². The van der Waals surface area contributed by atoms with Gasteiger partial charge in [-0.15, -0.1) is 0 Å². The molecule has 0 aliphatic rings. The molecule has 0 aliphatic carbocycles. The van der Waals surface area contributed by atoms with Gasteiger partial charge in [0.2, 0.25) is 15.9 Å². The molecule has 0 saturated heterocycles. The molecular weight excluding hydrogens is 366 g/mol. The van der Waals surface area contributed by atoms with E-state index in [1.165, 1.54) is 25.4 Å². The van der Waals surface area contributed by atoms with Crippen LogP contribution in [0, 0.1) is 0 Å². The first-order chi connectivity index (χ1) is 12.8. The Labute approximate surface area is 157 Å². The zero-order valence-corrected chi connectivity index (χ0v) is 16.1. The van der Waals surface area contributed by atoms with Gasteiger partial charge in [0.05, 0.1) is 29.5 Å². The lowest BCUT2D eigenvalue weighted by molar-refractivity contribution is -0.116. The predicted octanol–water partition coefficient (Wildman–Crippen LogP) is 2.27. The van der Waals surface area contributed by atoms with E-state index in [0.717, 1.165) is 15.3 Å². The van der Waals surface area contributed by atoms with Gasteiger partial charge in [0, 0.05) is 18.5 Å².